The SMILES string of the molecule is Cc1cc(O)cc(C)c1CC(NC(=O)C(N)CCCN=C(N)N)C(=O)NC(CCCCN)c1nc(Cc2ccc(-c3ccccc3)cc2)no1. The first-order valence-corrected chi connectivity index (χ1v) is 16.9. The minimum atomic E-state index is -0.990. The smallest absolute Gasteiger partial charge is 0.249 e. The summed E-state index contributed by atoms with van der Waals surface area (Å²) < 4.78 is 5.69. The number of aromatic hydroxyl groups is 1. The van der Waals surface area contributed by atoms with Crippen molar-refractivity contribution in [3.05, 3.63) is 101 Å². The van der Waals surface area contributed by atoms with Gasteiger partial charge < -0.3 is 43.2 Å². The number of nitrogens with two attached hydrogens (primary N) is 4. The van der Waals surface area contributed by atoms with E-state index in [0.717, 1.165) is 39.8 Å². The van der Waals surface area contributed by atoms with Crippen molar-refractivity contribution in [1.82, 2.24) is 20.8 Å². The fourth-order valence-corrected chi connectivity index (χ4v) is 5.77. The van der Waals surface area contributed by atoms with Crippen molar-refractivity contribution in [3.8, 4) is 16.9 Å². The predicted molar refractivity (Wildman–Crippen MR) is 194 cm³/mol. The normalized spacial score (nSPS) is 12.9. The number of phenols is 1. The number of phenolic OH excluding ortho intramolecular Hbond substituents is 1. The minimum absolute atomic E-state index is 0.0359. The van der Waals surface area contributed by atoms with E-state index < -0.39 is 29.9 Å². The second-order valence-corrected chi connectivity index (χ2v) is 12.5. The molecule has 0 aliphatic carbocycles. The number of carbonyl (C=O) groups excluding carboxylic acids is 2. The summed E-state index contributed by atoms with van der Waals surface area (Å²) in [7, 11) is 0. The van der Waals surface area contributed by atoms with Crippen molar-refractivity contribution in [2.45, 2.75) is 76.9 Å². The first kappa shape index (κ1) is 37.5. The number of benzene rings is 3. The van der Waals surface area contributed by atoms with Crippen LogP contribution in [0.2, 0.25) is 0 Å². The van der Waals surface area contributed by atoms with E-state index in [9.17, 15) is 14.7 Å². The van der Waals surface area contributed by atoms with Crippen LogP contribution in [0.1, 0.15) is 72.1 Å². The number of aliphatic imine (C=N–C) groups is 1. The van der Waals surface area contributed by atoms with Gasteiger partial charge in [-0.05, 0) is 98.0 Å². The van der Waals surface area contributed by atoms with E-state index in [-0.39, 0.29) is 24.0 Å². The highest BCUT2D eigenvalue weighted by Crippen LogP contribution is 2.24. The molecule has 0 aliphatic heterocycles. The molecule has 0 spiro atoms. The number of guanidine groups is 1. The van der Waals surface area contributed by atoms with Crippen molar-refractivity contribution in [2.75, 3.05) is 13.1 Å². The van der Waals surface area contributed by atoms with Gasteiger partial charge in [-0.15, -0.1) is 0 Å². The van der Waals surface area contributed by atoms with Crippen LogP contribution in [-0.2, 0) is 22.4 Å². The van der Waals surface area contributed by atoms with Gasteiger partial charge in [-0.2, -0.15) is 4.98 Å². The molecule has 3 atom stereocenters. The summed E-state index contributed by atoms with van der Waals surface area (Å²) in [6.45, 7) is 4.51. The molecule has 266 valence electrons. The predicted octanol–water partition coefficient (Wildman–Crippen LogP) is 3.04. The number of aromatic nitrogens is 2. The molecule has 3 unspecified atom stereocenters. The Morgan fingerprint density at radius 1 is 0.900 bits per heavy atom. The van der Waals surface area contributed by atoms with Gasteiger partial charge in [0.1, 0.15) is 17.8 Å². The molecule has 4 aromatic rings. The highest BCUT2D eigenvalue weighted by molar-refractivity contribution is 5.90. The molecule has 0 fully saturated rings. The number of hydrogen-bond donors (Lipinski definition) is 7. The van der Waals surface area contributed by atoms with Gasteiger partial charge in [0.15, 0.2) is 11.8 Å². The van der Waals surface area contributed by atoms with E-state index in [0.29, 0.717) is 51.0 Å². The van der Waals surface area contributed by atoms with E-state index in [4.69, 9.17) is 27.5 Å². The molecule has 0 bridgehead atoms. The average molecular weight is 684 g/mol. The Labute approximate surface area is 292 Å². The lowest BCUT2D eigenvalue weighted by Gasteiger charge is -2.24. The summed E-state index contributed by atoms with van der Waals surface area (Å²) in [4.78, 5) is 35.9. The van der Waals surface area contributed by atoms with Crippen molar-refractivity contribution in [1.29, 1.82) is 0 Å². The van der Waals surface area contributed by atoms with E-state index in [1.165, 1.54) is 0 Å². The Morgan fingerprint density at radius 3 is 2.24 bits per heavy atom. The lowest BCUT2D eigenvalue weighted by atomic mass is 9.95. The summed E-state index contributed by atoms with van der Waals surface area (Å²) in [5.74, 6) is -0.0849. The number of aryl methyl sites for hydroxylation is 2. The molecule has 50 heavy (non-hydrogen) atoms. The van der Waals surface area contributed by atoms with E-state index in [1.807, 2.05) is 44.2 Å². The maximum absolute atomic E-state index is 14.0. The quantitative estimate of drug-likeness (QED) is 0.0460. The molecule has 11 N–H and O–H groups in total. The summed E-state index contributed by atoms with van der Waals surface area (Å²) in [5.41, 5.74) is 28.4. The fraction of sp³-hybridized carbons (Fsp3) is 0.378. The van der Waals surface area contributed by atoms with Gasteiger partial charge in [-0.25, -0.2) is 0 Å². The van der Waals surface area contributed by atoms with E-state index >= 15 is 0 Å². The molecule has 0 saturated carbocycles. The minimum Gasteiger partial charge on any atom is -0.508 e. The third-order valence-electron chi connectivity index (χ3n) is 8.50. The summed E-state index contributed by atoms with van der Waals surface area (Å²) in [5, 5.41) is 20.2. The van der Waals surface area contributed by atoms with E-state index in [1.54, 1.807) is 12.1 Å². The van der Waals surface area contributed by atoms with Crippen molar-refractivity contribution < 1.29 is 19.2 Å². The maximum atomic E-state index is 14.0. The molecule has 1 heterocycles. The summed E-state index contributed by atoms with van der Waals surface area (Å²) >= 11 is 0. The molecular formula is C37H49N9O4. The number of rotatable bonds is 18. The van der Waals surface area contributed by atoms with Gasteiger partial charge >= 0.3 is 0 Å². The second kappa shape index (κ2) is 18.5. The first-order chi connectivity index (χ1) is 24.0. The molecule has 1 aromatic heterocycles. The Kier molecular flexibility index (Phi) is 13.9. The molecule has 2 amide bonds. The lowest BCUT2D eigenvalue weighted by molar-refractivity contribution is -0.130. The Morgan fingerprint density at radius 2 is 1.58 bits per heavy atom. The van der Waals surface area contributed by atoms with Crippen LogP contribution in [0.15, 0.2) is 76.2 Å². The van der Waals surface area contributed by atoms with Gasteiger partial charge in [-0.3, -0.25) is 14.6 Å². The molecule has 0 aliphatic rings. The lowest BCUT2D eigenvalue weighted by Crippen LogP contribution is -2.53. The zero-order chi connectivity index (χ0) is 36.0. The number of carbonyl (C=O) groups is 2. The molecular weight excluding hydrogens is 634 g/mol. The molecule has 4 rings (SSSR count). The van der Waals surface area contributed by atoms with Crippen LogP contribution in [0.4, 0.5) is 0 Å². The molecule has 3 aromatic carbocycles. The second-order valence-electron chi connectivity index (χ2n) is 12.5. The van der Waals surface area contributed by atoms with Crippen LogP contribution in [-0.4, -0.2) is 58.2 Å². The highest BCUT2D eigenvalue weighted by Gasteiger charge is 2.29. The first-order valence-electron chi connectivity index (χ1n) is 16.9. The number of amides is 2. The fourth-order valence-electron chi connectivity index (χ4n) is 5.77. The molecule has 0 saturated heterocycles. The van der Waals surface area contributed by atoms with Gasteiger partial charge in [0.2, 0.25) is 17.7 Å². The van der Waals surface area contributed by atoms with Gasteiger partial charge in [-0.1, -0.05) is 59.8 Å². The maximum Gasteiger partial charge on any atom is 0.249 e. The Balaban J connectivity index is 1.51. The molecule has 13 nitrogen and oxygen atoms in total. The highest BCUT2D eigenvalue weighted by atomic mass is 16.5. The zero-order valence-corrected chi connectivity index (χ0v) is 28.8. The van der Waals surface area contributed by atoms with Crippen LogP contribution < -0.4 is 33.6 Å². The van der Waals surface area contributed by atoms with Gasteiger partial charge in [0.25, 0.3) is 0 Å². The number of nitrogens with one attached hydrogen (secondary N) is 2. The number of unbranched alkanes of at least 4 members (excludes halogenated alkanes) is 1. The summed E-state index contributed by atoms with van der Waals surface area (Å²) in [6.07, 6.45) is 3.35. The average Bonchev–Trinajstić information content (AvgIpc) is 3.56. The largest absolute Gasteiger partial charge is 0.508 e. The van der Waals surface area contributed by atoms with E-state index in [2.05, 4.69) is 50.0 Å². The Bertz CT molecular complexity index is 1700. The van der Waals surface area contributed by atoms with Crippen LogP contribution in [0.3, 0.4) is 0 Å². The Hall–Kier alpha value is -5.27. The van der Waals surface area contributed by atoms with Gasteiger partial charge in [0.05, 0.1) is 6.04 Å². The van der Waals surface area contributed by atoms with Crippen LogP contribution in [0.25, 0.3) is 11.1 Å². The third-order valence-corrected chi connectivity index (χ3v) is 8.50. The number of hydrogen-bond acceptors (Lipinski definition) is 9. The van der Waals surface area contributed by atoms with Crippen LogP contribution in [0.5, 0.6) is 5.75 Å². The standard InChI is InChI=1S/C37H49N9O4/c1-23-19-28(47)20-24(2)29(23)22-32(44-34(48)30(39)11-8-18-42-37(40)41)35(49)43-31(12-6-7-17-38)36-45-33(46-50-36)21-25-13-15-27(16-14-25)26-9-4-3-5-10-26/h3-5,9-10,13-16,19-20,30-32,47H,6-8,11-12,17-18,21-22,38-39H2,1-2H3,(H,43,49)(H,44,48)(H4,40,41,42). The number of nitrogens with zero attached hydrogens (tertiary/aromatic N) is 3. The van der Waals surface area contributed by atoms with Crippen molar-refractivity contribution in [2.24, 2.45) is 27.9 Å². The molecule has 0 radical (unpaired) electrons. The van der Waals surface area contributed by atoms with Crippen molar-refractivity contribution >= 4 is 17.8 Å². The summed E-state index contributed by atoms with van der Waals surface area (Å²) in [6, 6.07) is 19.1. The van der Waals surface area contributed by atoms with Crippen LogP contribution in [0, 0.1) is 13.8 Å². The van der Waals surface area contributed by atoms with Crippen LogP contribution >= 0.6 is 0 Å². The molecule has 13 heteroatoms. The topological polar surface area (TPSA) is 234 Å². The zero-order valence-electron chi connectivity index (χ0n) is 28.8. The van der Waals surface area contributed by atoms with Gasteiger partial charge in [0, 0.05) is 19.4 Å². The third kappa shape index (κ3) is 11.1. The monoisotopic (exact) mass is 683 g/mol. The van der Waals surface area contributed by atoms with Crippen molar-refractivity contribution in [3.63, 3.8) is 0 Å².